The number of nitrogens with two attached hydrogens (primary N) is 1. The van der Waals surface area contributed by atoms with E-state index in [1.54, 1.807) is 26.8 Å². The molecule has 0 aliphatic rings. The van der Waals surface area contributed by atoms with E-state index in [1.165, 1.54) is 13.0 Å². The Balaban J connectivity index is 3.26. The lowest BCUT2D eigenvalue weighted by molar-refractivity contribution is 0.111. The molecule has 0 aliphatic heterocycles. The summed E-state index contributed by atoms with van der Waals surface area (Å²) in [6.45, 7) is 6.46. The lowest BCUT2D eigenvalue weighted by Crippen LogP contribution is -2.50. The highest BCUT2D eigenvalue weighted by Crippen LogP contribution is 2.27. The minimum absolute atomic E-state index is 0.113. The fourth-order valence-corrected chi connectivity index (χ4v) is 3.64. The highest BCUT2D eigenvalue weighted by Gasteiger charge is 2.31. The number of aliphatic hydroxyl groups excluding tert-OH is 1. The van der Waals surface area contributed by atoms with Crippen LogP contribution in [0.3, 0.4) is 0 Å². The van der Waals surface area contributed by atoms with Crippen molar-refractivity contribution in [3.05, 3.63) is 22.2 Å². The molecule has 1 aromatic carbocycles. The number of aliphatic hydroxyl groups is 1. The smallest absolute Gasteiger partial charge is 0.241 e. The molecule has 0 aromatic heterocycles. The normalized spacial score (nSPS) is 14.4. The summed E-state index contributed by atoms with van der Waals surface area (Å²) in [6.07, 6.45) is -0.824. The molecule has 1 unspecified atom stereocenters. The van der Waals surface area contributed by atoms with Gasteiger partial charge in [0.15, 0.2) is 0 Å². The predicted octanol–water partition coefficient (Wildman–Crippen LogP) is 1.78. The van der Waals surface area contributed by atoms with Gasteiger partial charge in [-0.3, -0.25) is 0 Å². The largest absolute Gasteiger partial charge is 0.398 e. The minimum atomic E-state index is -3.74. The molecule has 1 rings (SSSR count). The zero-order chi connectivity index (χ0) is 15.0. The maximum atomic E-state index is 12.3. The summed E-state index contributed by atoms with van der Waals surface area (Å²) in [5, 5.41) is 9.60. The Hall–Kier alpha value is -0.630. The number of halogens is 1. The Kier molecular flexibility index (Phi) is 4.66. The van der Waals surface area contributed by atoms with E-state index in [2.05, 4.69) is 20.7 Å². The third-order valence-corrected chi connectivity index (χ3v) is 5.53. The number of aryl methyl sites for hydroxylation is 1. The molecular weight excluding hydrogens is 332 g/mol. The number of benzene rings is 1. The standard InChI is InChI=1S/C12H19BrN2O3S/c1-7-5-9(13)10(14)6-11(7)19(17,18)15-12(3,4)8(2)16/h5-6,8,15-16H,14H2,1-4H3. The van der Waals surface area contributed by atoms with Gasteiger partial charge < -0.3 is 10.8 Å². The highest BCUT2D eigenvalue weighted by atomic mass is 79.9. The number of nitrogens with one attached hydrogen (secondary N) is 1. The van der Waals surface area contributed by atoms with Crippen molar-refractivity contribution in [1.29, 1.82) is 0 Å². The van der Waals surface area contributed by atoms with E-state index in [4.69, 9.17) is 5.73 Å². The SMILES string of the molecule is Cc1cc(Br)c(N)cc1S(=O)(=O)NC(C)(C)C(C)O. The van der Waals surface area contributed by atoms with Crippen LogP contribution in [-0.4, -0.2) is 25.2 Å². The second-order valence-electron chi connectivity index (χ2n) is 5.14. The Morgan fingerprint density at radius 1 is 1.42 bits per heavy atom. The van der Waals surface area contributed by atoms with E-state index >= 15 is 0 Å². The van der Waals surface area contributed by atoms with Crippen LogP contribution in [0.2, 0.25) is 0 Å². The van der Waals surface area contributed by atoms with E-state index in [-0.39, 0.29) is 4.90 Å². The van der Waals surface area contributed by atoms with E-state index in [0.717, 1.165) is 0 Å². The Morgan fingerprint density at radius 3 is 2.42 bits per heavy atom. The van der Waals surface area contributed by atoms with Gasteiger partial charge in [-0.25, -0.2) is 13.1 Å². The summed E-state index contributed by atoms with van der Waals surface area (Å²) in [6, 6.07) is 3.05. The van der Waals surface area contributed by atoms with Crippen molar-refractivity contribution in [2.45, 2.75) is 44.2 Å². The predicted molar refractivity (Wildman–Crippen MR) is 79.4 cm³/mol. The first-order chi connectivity index (χ1) is 8.47. The Morgan fingerprint density at radius 2 is 1.95 bits per heavy atom. The monoisotopic (exact) mass is 350 g/mol. The van der Waals surface area contributed by atoms with Gasteiger partial charge in [0, 0.05) is 10.2 Å². The lowest BCUT2D eigenvalue weighted by atomic mass is 10.0. The maximum absolute atomic E-state index is 12.3. The van der Waals surface area contributed by atoms with E-state index < -0.39 is 21.7 Å². The summed E-state index contributed by atoms with van der Waals surface area (Å²) in [5.41, 5.74) is 5.68. The van der Waals surface area contributed by atoms with Crippen molar-refractivity contribution in [3.8, 4) is 0 Å². The molecule has 108 valence electrons. The maximum Gasteiger partial charge on any atom is 0.241 e. The average Bonchev–Trinajstić information content (AvgIpc) is 2.21. The number of sulfonamides is 1. The second-order valence-corrected chi connectivity index (χ2v) is 7.65. The fourth-order valence-electron chi connectivity index (χ4n) is 1.44. The molecule has 1 atom stereocenters. The first-order valence-electron chi connectivity index (χ1n) is 5.75. The first kappa shape index (κ1) is 16.4. The van der Waals surface area contributed by atoms with Crippen molar-refractivity contribution in [3.63, 3.8) is 0 Å². The van der Waals surface area contributed by atoms with Gasteiger partial charge in [-0.2, -0.15) is 0 Å². The third kappa shape index (κ3) is 3.68. The molecule has 0 spiro atoms. The summed E-state index contributed by atoms with van der Waals surface area (Å²) < 4.78 is 27.8. The lowest BCUT2D eigenvalue weighted by Gasteiger charge is -2.29. The van der Waals surface area contributed by atoms with Gasteiger partial charge in [0.1, 0.15) is 0 Å². The van der Waals surface area contributed by atoms with Crippen LogP contribution in [0, 0.1) is 6.92 Å². The number of anilines is 1. The van der Waals surface area contributed by atoms with E-state index in [0.29, 0.717) is 15.7 Å². The van der Waals surface area contributed by atoms with Gasteiger partial charge in [-0.05, 0) is 61.3 Å². The second kappa shape index (κ2) is 5.40. The third-order valence-electron chi connectivity index (χ3n) is 3.03. The van der Waals surface area contributed by atoms with Crippen LogP contribution >= 0.6 is 15.9 Å². The van der Waals surface area contributed by atoms with Gasteiger partial charge >= 0.3 is 0 Å². The summed E-state index contributed by atoms with van der Waals surface area (Å²) >= 11 is 3.25. The minimum Gasteiger partial charge on any atom is -0.398 e. The van der Waals surface area contributed by atoms with Gasteiger partial charge in [-0.15, -0.1) is 0 Å². The topological polar surface area (TPSA) is 92.4 Å². The van der Waals surface area contributed by atoms with Crippen LogP contribution in [0.1, 0.15) is 26.3 Å². The number of hydrogen-bond donors (Lipinski definition) is 3. The van der Waals surface area contributed by atoms with Crippen LogP contribution in [0.25, 0.3) is 0 Å². The Bertz CT molecular complexity index is 583. The molecule has 7 heteroatoms. The highest BCUT2D eigenvalue weighted by molar-refractivity contribution is 9.10. The quantitative estimate of drug-likeness (QED) is 0.721. The molecule has 0 saturated heterocycles. The van der Waals surface area contributed by atoms with Crippen molar-refractivity contribution in [1.82, 2.24) is 4.72 Å². The van der Waals surface area contributed by atoms with Crippen molar-refractivity contribution in [2.24, 2.45) is 0 Å². The van der Waals surface area contributed by atoms with Gasteiger partial charge in [0.2, 0.25) is 10.0 Å². The molecule has 0 amide bonds. The van der Waals surface area contributed by atoms with E-state index in [9.17, 15) is 13.5 Å². The van der Waals surface area contributed by atoms with Gasteiger partial charge in [-0.1, -0.05) is 0 Å². The molecular formula is C12H19BrN2O3S. The zero-order valence-corrected chi connectivity index (χ0v) is 13.8. The molecule has 0 fully saturated rings. The number of rotatable bonds is 4. The summed E-state index contributed by atoms with van der Waals surface area (Å²) in [4.78, 5) is 0.113. The van der Waals surface area contributed by atoms with Crippen LogP contribution in [0.4, 0.5) is 5.69 Å². The molecule has 0 saturated carbocycles. The van der Waals surface area contributed by atoms with Crippen LogP contribution in [0.15, 0.2) is 21.5 Å². The van der Waals surface area contributed by atoms with Gasteiger partial charge in [0.05, 0.1) is 16.5 Å². The van der Waals surface area contributed by atoms with Crippen LogP contribution in [-0.2, 0) is 10.0 Å². The molecule has 0 bridgehead atoms. The number of hydrogen-bond acceptors (Lipinski definition) is 4. The zero-order valence-electron chi connectivity index (χ0n) is 11.4. The van der Waals surface area contributed by atoms with Crippen LogP contribution < -0.4 is 10.5 Å². The molecule has 0 radical (unpaired) electrons. The van der Waals surface area contributed by atoms with Crippen molar-refractivity contribution < 1.29 is 13.5 Å². The molecule has 0 heterocycles. The van der Waals surface area contributed by atoms with Gasteiger partial charge in [0.25, 0.3) is 0 Å². The Labute approximate surface area is 122 Å². The summed E-state index contributed by atoms with van der Waals surface area (Å²) in [5.74, 6) is 0. The molecule has 4 N–H and O–H groups in total. The average molecular weight is 351 g/mol. The molecule has 19 heavy (non-hydrogen) atoms. The van der Waals surface area contributed by atoms with E-state index in [1.807, 2.05) is 0 Å². The molecule has 5 nitrogen and oxygen atoms in total. The number of nitrogen functional groups attached to an aromatic ring is 1. The molecule has 1 aromatic rings. The fraction of sp³-hybridized carbons (Fsp3) is 0.500. The molecule has 0 aliphatic carbocycles. The van der Waals surface area contributed by atoms with Crippen molar-refractivity contribution >= 4 is 31.6 Å². The first-order valence-corrected chi connectivity index (χ1v) is 8.02. The van der Waals surface area contributed by atoms with Crippen molar-refractivity contribution in [2.75, 3.05) is 5.73 Å². The summed E-state index contributed by atoms with van der Waals surface area (Å²) in [7, 11) is -3.74. The van der Waals surface area contributed by atoms with Crippen LogP contribution in [0.5, 0.6) is 0 Å².